The minimum absolute atomic E-state index is 0.0183. The summed E-state index contributed by atoms with van der Waals surface area (Å²) in [6, 6.07) is 16.8. The monoisotopic (exact) mass is 366 g/mol. The number of ether oxygens (including phenoxy) is 1. The van der Waals surface area contributed by atoms with Gasteiger partial charge in [-0.25, -0.2) is 0 Å². The fourth-order valence-electron chi connectivity index (χ4n) is 3.03. The fourth-order valence-corrected chi connectivity index (χ4v) is 3.03. The number of anilines is 2. The summed E-state index contributed by atoms with van der Waals surface area (Å²) in [7, 11) is 0. The van der Waals surface area contributed by atoms with Crippen LogP contribution in [-0.2, 0) is 9.59 Å². The summed E-state index contributed by atoms with van der Waals surface area (Å²) in [4.78, 5) is 26.5. The maximum absolute atomic E-state index is 12.5. The highest BCUT2D eigenvalue weighted by atomic mass is 16.5. The van der Waals surface area contributed by atoms with Crippen molar-refractivity contribution >= 4 is 23.2 Å². The number of para-hydroxylation sites is 1. The molecule has 1 heterocycles. The Bertz CT molecular complexity index is 772. The van der Waals surface area contributed by atoms with E-state index in [4.69, 9.17) is 4.74 Å². The molecule has 27 heavy (non-hydrogen) atoms. The van der Waals surface area contributed by atoms with Crippen molar-refractivity contribution in [3.05, 3.63) is 54.6 Å². The molecule has 1 aliphatic rings. The van der Waals surface area contributed by atoms with Gasteiger partial charge < -0.3 is 15.0 Å². The van der Waals surface area contributed by atoms with Crippen LogP contribution < -0.4 is 15.0 Å². The van der Waals surface area contributed by atoms with Crippen molar-refractivity contribution in [2.45, 2.75) is 26.7 Å². The zero-order valence-electron chi connectivity index (χ0n) is 15.9. The number of hydrogen-bond acceptors (Lipinski definition) is 3. The summed E-state index contributed by atoms with van der Waals surface area (Å²) in [5.74, 6) is 0.901. The number of nitrogens with zero attached hydrogens (tertiary/aromatic N) is 1. The molecule has 1 atom stereocenters. The van der Waals surface area contributed by atoms with Crippen LogP contribution in [0.1, 0.15) is 26.7 Å². The minimum atomic E-state index is -0.348. The number of hydrogen-bond donors (Lipinski definition) is 1. The predicted octanol–water partition coefficient (Wildman–Crippen LogP) is 4.10. The second kappa shape index (κ2) is 8.71. The van der Waals surface area contributed by atoms with E-state index in [2.05, 4.69) is 19.2 Å². The molecule has 0 unspecified atom stereocenters. The van der Waals surface area contributed by atoms with Gasteiger partial charge in [-0.2, -0.15) is 0 Å². The number of amides is 2. The molecule has 142 valence electrons. The molecule has 5 nitrogen and oxygen atoms in total. The van der Waals surface area contributed by atoms with Gasteiger partial charge in [0, 0.05) is 24.3 Å². The van der Waals surface area contributed by atoms with Crippen LogP contribution in [0.4, 0.5) is 11.4 Å². The summed E-state index contributed by atoms with van der Waals surface area (Å²) in [6.45, 7) is 5.41. The Morgan fingerprint density at radius 1 is 1.15 bits per heavy atom. The second-order valence-electron chi connectivity index (χ2n) is 7.29. The van der Waals surface area contributed by atoms with E-state index in [0.717, 1.165) is 17.9 Å². The third-order valence-corrected chi connectivity index (χ3v) is 4.65. The highest BCUT2D eigenvalue weighted by Crippen LogP contribution is 2.26. The molecule has 1 N–H and O–H groups in total. The van der Waals surface area contributed by atoms with Crippen LogP contribution in [0.25, 0.3) is 0 Å². The van der Waals surface area contributed by atoms with Crippen molar-refractivity contribution < 1.29 is 14.3 Å². The molecule has 2 aromatic rings. The molecule has 0 saturated carbocycles. The van der Waals surface area contributed by atoms with Crippen LogP contribution in [0.2, 0.25) is 0 Å². The van der Waals surface area contributed by atoms with Gasteiger partial charge in [0.2, 0.25) is 11.8 Å². The number of nitrogens with one attached hydrogen (secondary N) is 1. The van der Waals surface area contributed by atoms with E-state index in [9.17, 15) is 9.59 Å². The topological polar surface area (TPSA) is 58.6 Å². The average Bonchev–Trinajstić information content (AvgIpc) is 3.05. The normalized spacial score (nSPS) is 16.6. The molecular weight excluding hydrogens is 340 g/mol. The lowest BCUT2D eigenvalue weighted by atomic mass is 10.1. The highest BCUT2D eigenvalue weighted by Gasteiger charge is 2.35. The van der Waals surface area contributed by atoms with Crippen LogP contribution >= 0.6 is 0 Å². The fraction of sp³-hybridized carbons (Fsp3) is 0.364. The van der Waals surface area contributed by atoms with Gasteiger partial charge in [0.1, 0.15) is 5.75 Å². The van der Waals surface area contributed by atoms with Gasteiger partial charge in [-0.05, 0) is 48.7 Å². The molecule has 0 bridgehead atoms. The van der Waals surface area contributed by atoms with Crippen LogP contribution in [0.3, 0.4) is 0 Å². The first kappa shape index (κ1) is 19.0. The Kier molecular flexibility index (Phi) is 6.12. The molecule has 2 amide bonds. The van der Waals surface area contributed by atoms with Crippen LogP contribution in [-0.4, -0.2) is 25.0 Å². The van der Waals surface area contributed by atoms with Crippen LogP contribution in [0, 0.1) is 11.8 Å². The van der Waals surface area contributed by atoms with E-state index in [1.165, 1.54) is 0 Å². The molecule has 0 aliphatic carbocycles. The molecule has 5 heteroatoms. The predicted molar refractivity (Wildman–Crippen MR) is 107 cm³/mol. The highest BCUT2D eigenvalue weighted by molar-refractivity contribution is 6.03. The maximum Gasteiger partial charge on any atom is 0.229 e. The van der Waals surface area contributed by atoms with Crippen LogP contribution in [0.5, 0.6) is 5.75 Å². The van der Waals surface area contributed by atoms with Crippen molar-refractivity contribution in [3.63, 3.8) is 0 Å². The average molecular weight is 366 g/mol. The molecule has 1 aliphatic heterocycles. The third-order valence-electron chi connectivity index (χ3n) is 4.65. The molecule has 3 rings (SSSR count). The van der Waals surface area contributed by atoms with Gasteiger partial charge in [0.15, 0.2) is 0 Å². The van der Waals surface area contributed by atoms with E-state index in [1.807, 2.05) is 54.6 Å². The lowest BCUT2D eigenvalue weighted by Gasteiger charge is -2.16. The van der Waals surface area contributed by atoms with Gasteiger partial charge in [-0.3, -0.25) is 9.59 Å². The van der Waals surface area contributed by atoms with E-state index in [0.29, 0.717) is 24.8 Å². The summed E-state index contributed by atoms with van der Waals surface area (Å²) in [5.41, 5.74) is 1.54. The van der Waals surface area contributed by atoms with Crippen molar-refractivity contribution in [3.8, 4) is 5.75 Å². The summed E-state index contributed by atoms with van der Waals surface area (Å²) >= 11 is 0. The van der Waals surface area contributed by atoms with Crippen molar-refractivity contribution in [1.82, 2.24) is 0 Å². The Labute approximate surface area is 160 Å². The number of carbonyl (C=O) groups is 2. The second-order valence-corrected chi connectivity index (χ2v) is 7.29. The first-order chi connectivity index (χ1) is 13.0. The van der Waals surface area contributed by atoms with Gasteiger partial charge in [0.05, 0.1) is 12.5 Å². The number of rotatable bonds is 7. The van der Waals surface area contributed by atoms with Crippen molar-refractivity contribution in [2.24, 2.45) is 11.8 Å². The zero-order valence-corrected chi connectivity index (χ0v) is 15.9. The lowest BCUT2D eigenvalue weighted by molar-refractivity contribution is -0.122. The molecule has 1 fully saturated rings. The van der Waals surface area contributed by atoms with Gasteiger partial charge in [-0.15, -0.1) is 0 Å². The van der Waals surface area contributed by atoms with E-state index < -0.39 is 0 Å². The summed E-state index contributed by atoms with van der Waals surface area (Å²) in [6.07, 6.45) is 1.24. The van der Waals surface area contributed by atoms with Crippen molar-refractivity contribution in [1.29, 1.82) is 0 Å². The largest absolute Gasteiger partial charge is 0.494 e. The maximum atomic E-state index is 12.5. The zero-order chi connectivity index (χ0) is 19.2. The van der Waals surface area contributed by atoms with Crippen molar-refractivity contribution in [2.75, 3.05) is 23.4 Å². The quantitative estimate of drug-likeness (QED) is 0.802. The Balaban J connectivity index is 1.54. The molecule has 0 aromatic heterocycles. The van der Waals surface area contributed by atoms with E-state index in [-0.39, 0.29) is 24.2 Å². The molecule has 1 saturated heterocycles. The third kappa shape index (κ3) is 5.09. The van der Waals surface area contributed by atoms with E-state index >= 15 is 0 Å². The van der Waals surface area contributed by atoms with Gasteiger partial charge >= 0.3 is 0 Å². The molecular formula is C22H26N2O3. The summed E-state index contributed by atoms with van der Waals surface area (Å²) in [5, 5.41) is 2.90. The van der Waals surface area contributed by atoms with Gasteiger partial charge in [-0.1, -0.05) is 32.0 Å². The molecule has 0 radical (unpaired) electrons. The van der Waals surface area contributed by atoms with Crippen LogP contribution in [0.15, 0.2) is 54.6 Å². The smallest absolute Gasteiger partial charge is 0.229 e. The SMILES string of the molecule is CC(C)CCOc1ccc(NC(=O)[C@@H]2CC(=O)N(c3ccccc3)C2)cc1. The number of benzene rings is 2. The molecule has 2 aromatic carbocycles. The molecule has 0 spiro atoms. The Morgan fingerprint density at radius 3 is 2.52 bits per heavy atom. The van der Waals surface area contributed by atoms with Gasteiger partial charge in [0.25, 0.3) is 0 Å². The first-order valence-electron chi connectivity index (χ1n) is 9.42. The summed E-state index contributed by atoms with van der Waals surface area (Å²) < 4.78 is 5.69. The Hall–Kier alpha value is -2.82. The number of carbonyl (C=O) groups excluding carboxylic acids is 2. The van der Waals surface area contributed by atoms with E-state index in [1.54, 1.807) is 4.90 Å². The first-order valence-corrected chi connectivity index (χ1v) is 9.42. The standard InChI is InChI=1S/C22H26N2O3/c1-16(2)12-13-27-20-10-8-18(9-11-20)23-22(26)17-14-21(25)24(15-17)19-6-4-3-5-7-19/h3-11,16-17H,12-15H2,1-2H3,(H,23,26)/t17-/m1/s1. The minimum Gasteiger partial charge on any atom is -0.494 e. The Morgan fingerprint density at radius 2 is 1.85 bits per heavy atom. The lowest BCUT2D eigenvalue weighted by Crippen LogP contribution is -2.28.